The molecule has 6 heteroatoms. The van der Waals surface area contributed by atoms with Gasteiger partial charge in [-0.25, -0.2) is 4.98 Å². The second-order valence-electron chi connectivity index (χ2n) is 4.97. The Bertz CT molecular complexity index is 575. The zero-order chi connectivity index (χ0) is 13.9. The first-order chi connectivity index (χ1) is 9.72. The van der Waals surface area contributed by atoms with Gasteiger partial charge in [0.05, 0.1) is 17.0 Å². The molecule has 3 rings (SSSR count). The zero-order valence-electron chi connectivity index (χ0n) is 11.0. The molecule has 1 saturated carbocycles. The van der Waals surface area contributed by atoms with Gasteiger partial charge in [0.15, 0.2) is 0 Å². The molecule has 0 aliphatic heterocycles. The van der Waals surface area contributed by atoms with Gasteiger partial charge in [-0.3, -0.25) is 9.69 Å². The van der Waals surface area contributed by atoms with Crippen LogP contribution in [0.1, 0.15) is 25.0 Å². The van der Waals surface area contributed by atoms with Gasteiger partial charge < -0.3 is 9.52 Å². The number of rotatable bonds is 7. The van der Waals surface area contributed by atoms with Gasteiger partial charge in [-0.15, -0.1) is 11.3 Å². The van der Waals surface area contributed by atoms with E-state index in [1.165, 1.54) is 0 Å². The molecule has 2 aromatic heterocycles. The highest BCUT2D eigenvalue weighted by Gasteiger charge is 2.29. The fourth-order valence-corrected chi connectivity index (χ4v) is 2.83. The van der Waals surface area contributed by atoms with Crippen LogP contribution in [-0.2, 0) is 11.3 Å². The molecule has 0 saturated heterocycles. The SMILES string of the molecule is O=C(O)CCN(Cc1coc(-c2cccs2)n1)C1CC1. The number of carbonyl (C=O) groups is 1. The Balaban J connectivity index is 1.64. The lowest BCUT2D eigenvalue weighted by Gasteiger charge is -2.19. The average molecular weight is 292 g/mol. The van der Waals surface area contributed by atoms with E-state index in [0.29, 0.717) is 25.0 Å². The van der Waals surface area contributed by atoms with Crippen LogP contribution in [0.5, 0.6) is 0 Å². The van der Waals surface area contributed by atoms with Crippen molar-refractivity contribution in [1.29, 1.82) is 0 Å². The standard InChI is InChI=1S/C14H16N2O3S/c17-13(18)5-6-16(11-3-4-11)8-10-9-19-14(15-10)12-2-1-7-20-12/h1-2,7,9,11H,3-6,8H2,(H,17,18). The molecule has 2 heterocycles. The molecule has 5 nitrogen and oxygen atoms in total. The van der Waals surface area contributed by atoms with Crippen molar-refractivity contribution in [1.82, 2.24) is 9.88 Å². The van der Waals surface area contributed by atoms with Crippen LogP contribution in [0.15, 0.2) is 28.2 Å². The van der Waals surface area contributed by atoms with Gasteiger partial charge in [0, 0.05) is 19.1 Å². The van der Waals surface area contributed by atoms with E-state index >= 15 is 0 Å². The molecule has 0 bridgehead atoms. The predicted octanol–water partition coefficient (Wildman–Crippen LogP) is 2.84. The Morgan fingerprint density at radius 1 is 1.55 bits per heavy atom. The number of nitrogens with zero attached hydrogens (tertiary/aromatic N) is 2. The molecule has 1 aliphatic rings. The molecule has 1 fully saturated rings. The maximum atomic E-state index is 10.7. The predicted molar refractivity (Wildman–Crippen MR) is 75.5 cm³/mol. The molecule has 2 aromatic rings. The van der Waals surface area contributed by atoms with Gasteiger partial charge in [-0.2, -0.15) is 0 Å². The second kappa shape index (κ2) is 5.76. The van der Waals surface area contributed by atoms with E-state index in [4.69, 9.17) is 9.52 Å². The molecule has 20 heavy (non-hydrogen) atoms. The van der Waals surface area contributed by atoms with Crippen molar-refractivity contribution in [2.75, 3.05) is 6.54 Å². The summed E-state index contributed by atoms with van der Waals surface area (Å²) in [6.45, 7) is 1.23. The molecule has 0 aromatic carbocycles. The van der Waals surface area contributed by atoms with Crippen LogP contribution in [0.4, 0.5) is 0 Å². The largest absolute Gasteiger partial charge is 0.481 e. The minimum Gasteiger partial charge on any atom is -0.481 e. The number of hydrogen-bond acceptors (Lipinski definition) is 5. The molecule has 0 unspecified atom stereocenters. The normalized spacial score (nSPS) is 14.8. The molecular weight excluding hydrogens is 276 g/mol. The summed E-state index contributed by atoms with van der Waals surface area (Å²) in [5.41, 5.74) is 0.866. The molecule has 106 valence electrons. The molecule has 0 radical (unpaired) electrons. The number of aliphatic carboxylic acids is 1. The number of carboxylic acids is 1. The zero-order valence-corrected chi connectivity index (χ0v) is 11.8. The summed E-state index contributed by atoms with van der Waals surface area (Å²) in [4.78, 5) is 18.4. The van der Waals surface area contributed by atoms with Crippen molar-refractivity contribution in [3.8, 4) is 10.8 Å². The van der Waals surface area contributed by atoms with Crippen LogP contribution in [0.2, 0.25) is 0 Å². The Morgan fingerprint density at radius 3 is 3.05 bits per heavy atom. The Labute approximate surface area is 120 Å². The lowest BCUT2D eigenvalue weighted by atomic mass is 10.3. The third-order valence-electron chi connectivity index (χ3n) is 3.32. The summed E-state index contributed by atoms with van der Waals surface area (Å²) in [6.07, 6.45) is 4.14. The summed E-state index contributed by atoms with van der Waals surface area (Å²) < 4.78 is 5.49. The van der Waals surface area contributed by atoms with E-state index in [2.05, 4.69) is 9.88 Å². The molecule has 1 N–H and O–H groups in total. The van der Waals surface area contributed by atoms with Crippen molar-refractivity contribution in [3.63, 3.8) is 0 Å². The van der Waals surface area contributed by atoms with Crippen molar-refractivity contribution < 1.29 is 14.3 Å². The third-order valence-corrected chi connectivity index (χ3v) is 4.18. The first-order valence-electron chi connectivity index (χ1n) is 6.66. The van der Waals surface area contributed by atoms with Crippen LogP contribution < -0.4 is 0 Å². The smallest absolute Gasteiger partial charge is 0.304 e. The number of carboxylic acid groups (broad SMARTS) is 1. The minimum absolute atomic E-state index is 0.173. The number of thiophene rings is 1. The maximum Gasteiger partial charge on any atom is 0.304 e. The van der Waals surface area contributed by atoms with Gasteiger partial charge in [0.1, 0.15) is 6.26 Å². The van der Waals surface area contributed by atoms with Crippen LogP contribution in [-0.4, -0.2) is 33.5 Å². The Morgan fingerprint density at radius 2 is 2.40 bits per heavy atom. The van der Waals surface area contributed by atoms with Crippen LogP contribution in [0, 0.1) is 0 Å². The summed E-state index contributed by atoms with van der Waals surface area (Å²) >= 11 is 1.59. The summed E-state index contributed by atoms with van der Waals surface area (Å²) in [6, 6.07) is 4.45. The summed E-state index contributed by atoms with van der Waals surface area (Å²) in [5.74, 6) is -0.112. The van der Waals surface area contributed by atoms with Gasteiger partial charge >= 0.3 is 5.97 Å². The fraction of sp³-hybridized carbons (Fsp3) is 0.429. The van der Waals surface area contributed by atoms with Crippen molar-refractivity contribution in [2.24, 2.45) is 0 Å². The van der Waals surface area contributed by atoms with E-state index in [0.717, 1.165) is 23.4 Å². The van der Waals surface area contributed by atoms with Crippen LogP contribution in [0.25, 0.3) is 10.8 Å². The number of aromatic nitrogens is 1. The topological polar surface area (TPSA) is 66.6 Å². The van der Waals surface area contributed by atoms with Crippen molar-refractivity contribution in [3.05, 3.63) is 29.5 Å². The average Bonchev–Trinajstić information content (AvgIpc) is 2.93. The fourth-order valence-electron chi connectivity index (χ4n) is 2.17. The van der Waals surface area contributed by atoms with Crippen molar-refractivity contribution >= 4 is 17.3 Å². The van der Waals surface area contributed by atoms with Gasteiger partial charge in [0.25, 0.3) is 0 Å². The molecule has 1 aliphatic carbocycles. The molecule has 0 atom stereocenters. The van der Waals surface area contributed by atoms with Crippen molar-refractivity contribution in [2.45, 2.75) is 31.8 Å². The quantitative estimate of drug-likeness (QED) is 0.850. The lowest BCUT2D eigenvalue weighted by Crippen LogP contribution is -2.28. The maximum absolute atomic E-state index is 10.7. The van der Waals surface area contributed by atoms with E-state index in [-0.39, 0.29) is 6.42 Å². The van der Waals surface area contributed by atoms with Crippen LogP contribution in [0.3, 0.4) is 0 Å². The van der Waals surface area contributed by atoms with Crippen LogP contribution >= 0.6 is 11.3 Å². The number of oxazole rings is 1. The molecule has 0 spiro atoms. The minimum atomic E-state index is -0.755. The Hall–Kier alpha value is -1.66. The Kier molecular flexibility index (Phi) is 3.84. The summed E-state index contributed by atoms with van der Waals surface area (Å²) in [7, 11) is 0. The van der Waals surface area contributed by atoms with Gasteiger partial charge in [-0.05, 0) is 24.3 Å². The molecule has 0 amide bonds. The molecular formula is C14H16N2O3S. The monoisotopic (exact) mass is 292 g/mol. The first-order valence-corrected chi connectivity index (χ1v) is 7.54. The van der Waals surface area contributed by atoms with E-state index < -0.39 is 5.97 Å². The highest BCUT2D eigenvalue weighted by molar-refractivity contribution is 7.13. The second-order valence-corrected chi connectivity index (χ2v) is 5.91. The highest BCUT2D eigenvalue weighted by atomic mass is 32.1. The number of hydrogen-bond donors (Lipinski definition) is 1. The third kappa shape index (κ3) is 3.26. The van der Waals surface area contributed by atoms with Gasteiger partial charge in [-0.1, -0.05) is 6.07 Å². The summed E-state index contributed by atoms with van der Waals surface area (Å²) in [5, 5.41) is 10.8. The lowest BCUT2D eigenvalue weighted by molar-refractivity contribution is -0.137. The highest BCUT2D eigenvalue weighted by Crippen LogP contribution is 2.29. The first kappa shape index (κ1) is 13.3. The van der Waals surface area contributed by atoms with E-state index in [1.54, 1.807) is 17.6 Å². The van der Waals surface area contributed by atoms with E-state index in [1.807, 2.05) is 17.5 Å². The van der Waals surface area contributed by atoms with Gasteiger partial charge in [0.2, 0.25) is 5.89 Å². The van der Waals surface area contributed by atoms with E-state index in [9.17, 15) is 4.79 Å².